The Hall–Kier alpha value is -1.56. The summed E-state index contributed by atoms with van der Waals surface area (Å²) in [4.78, 5) is 14.4. The van der Waals surface area contributed by atoms with Crippen molar-refractivity contribution in [2.75, 3.05) is 25.2 Å². The Kier molecular flexibility index (Phi) is 4.88. The van der Waals surface area contributed by atoms with Crippen LogP contribution in [0.4, 0.5) is 0 Å². The molecule has 0 spiro atoms. The highest BCUT2D eigenvalue weighted by Gasteiger charge is 2.35. The highest BCUT2D eigenvalue weighted by molar-refractivity contribution is 7.91. The van der Waals surface area contributed by atoms with E-state index >= 15 is 0 Å². The van der Waals surface area contributed by atoms with Crippen LogP contribution in [0.25, 0.3) is 0 Å². The Bertz CT molecular complexity index is 612. The lowest BCUT2D eigenvalue weighted by Crippen LogP contribution is -2.41. The van der Waals surface area contributed by atoms with Gasteiger partial charge < -0.3 is 9.64 Å². The predicted octanol–water partition coefficient (Wildman–Crippen LogP) is 1.73. The third-order valence-corrected chi connectivity index (χ3v) is 5.46. The highest BCUT2D eigenvalue weighted by atomic mass is 32.2. The Labute approximate surface area is 125 Å². The van der Waals surface area contributed by atoms with Crippen molar-refractivity contribution in [2.24, 2.45) is 0 Å². The van der Waals surface area contributed by atoms with Crippen molar-refractivity contribution in [1.82, 2.24) is 4.90 Å². The summed E-state index contributed by atoms with van der Waals surface area (Å²) in [6, 6.07) is 6.81. The summed E-state index contributed by atoms with van der Waals surface area (Å²) in [5.74, 6) is 0.589. The fraction of sp³-hybridized carbons (Fsp3) is 0.533. The summed E-state index contributed by atoms with van der Waals surface area (Å²) in [6.45, 7) is 2.53. The Morgan fingerprint density at radius 1 is 1.38 bits per heavy atom. The van der Waals surface area contributed by atoms with Crippen LogP contribution in [0.5, 0.6) is 5.75 Å². The van der Waals surface area contributed by atoms with Gasteiger partial charge in [0.15, 0.2) is 9.84 Å². The van der Waals surface area contributed by atoms with E-state index in [0.29, 0.717) is 24.3 Å². The first-order chi connectivity index (χ1) is 9.98. The summed E-state index contributed by atoms with van der Waals surface area (Å²) < 4.78 is 28.6. The maximum absolute atomic E-state index is 12.8. The zero-order valence-electron chi connectivity index (χ0n) is 12.4. The summed E-state index contributed by atoms with van der Waals surface area (Å²) in [5.41, 5.74) is 0.484. The average Bonchev–Trinajstić information content (AvgIpc) is 2.84. The van der Waals surface area contributed by atoms with E-state index in [-0.39, 0.29) is 23.5 Å². The fourth-order valence-corrected chi connectivity index (χ4v) is 4.42. The fourth-order valence-electron chi connectivity index (χ4n) is 2.69. The van der Waals surface area contributed by atoms with Gasteiger partial charge in [0.05, 0.1) is 24.2 Å². The van der Waals surface area contributed by atoms with Crippen LogP contribution >= 0.6 is 0 Å². The molecular weight excluding hydrogens is 290 g/mol. The minimum atomic E-state index is -3.02. The van der Waals surface area contributed by atoms with Gasteiger partial charge in [-0.2, -0.15) is 0 Å². The van der Waals surface area contributed by atoms with Gasteiger partial charge in [-0.25, -0.2) is 8.42 Å². The van der Waals surface area contributed by atoms with Gasteiger partial charge in [0.25, 0.3) is 5.91 Å². The summed E-state index contributed by atoms with van der Waals surface area (Å²) >= 11 is 0. The first-order valence-electron chi connectivity index (χ1n) is 7.13. The molecule has 0 N–H and O–H groups in total. The third-order valence-electron chi connectivity index (χ3n) is 3.71. The molecule has 1 unspecified atom stereocenters. The molecule has 0 aliphatic carbocycles. The monoisotopic (exact) mass is 311 g/mol. The Morgan fingerprint density at radius 3 is 2.67 bits per heavy atom. The molecule has 0 radical (unpaired) electrons. The van der Waals surface area contributed by atoms with Crippen molar-refractivity contribution in [1.29, 1.82) is 0 Å². The molecule has 116 valence electrons. The summed E-state index contributed by atoms with van der Waals surface area (Å²) in [5, 5.41) is 0. The van der Waals surface area contributed by atoms with Crippen LogP contribution in [0.15, 0.2) is 24.3 Å². The molecular formula is C15H21NO4S. The lowest BCUT2D eigenvalue weighted by atomic mass is 10.1. The number of nitrogens with zero attached hydrogens (tertiary/aromatic N) is 1. The van der Waals surface area contributed by atoms with E-state index in [9.17, 15) is 13.2 Å². The molecule has 1 aliphatic rings. The number of para-hydroxylation sites is 1. The van der Waals surface area contributed by atoms with Crippen LogP contribution in [0.1, 0.15) is 30.1 Å². The van der Waals surface area contributed by atoms with Gasteiger partial charge >= 0.3 is 0 Å². The molecule has 5 nitrogen and oxygen atoms in total. The lowest BCUT2D eigenvalue weighted by Gasteiger charge is -2.28. The second-order valence-corrected chi connectivity index (χ2v) is 7.48. The average molecular weight is 311 g/mol. The van der Waals surface area contributed by atoms with Gasteiger partial charge in [0.2, 0.25) is 0 Å². The first-order valence-corrected chi connectivity index (χ1v) is 8.95. The number of carbonyl (C=O) groups is 1. The largest absolute Gasteiger partial charge is 0.496 e. The minimum absolute atomic E-state index is 0.0634. The molecule has 6 heteroatoms. The molecule has 2 rings (SSSR count). The normalized spacial score (nSPS) is 20.2. The SMILES string of the molecule is CCCN(C(=O)c1ccccc1OC)C1CCS(=O)(=O)C1. The molecule has 1 saturated heterocycles. The topological polar surface area (TPSA) is 63.7 Å². The number of carbonyl (C=O) groups excluding carboxylic acids is 1. The van der Waals surface area contributed by atoms with Crippen LogP contribution in [-0.4, -0.2) is 50.4 Å². The molecule has 1 aromatic rings. The number of sulfone groups is 1. The molecule has 0 aromatic heterocycles. The second-order valence-electron chi connectivity index (χ2n) is 5.26. The zero-order chi connectivity index (χ0) is 15.5. The van der Waals surface area contributed by atoms with Crippen molar-refractivity contribution >= 4 is 15.7 Å². The van der Waals surface area contributed by atoms with Crippen LogP contribution in [0.2, 0.25) is 0 Å². The van der Waals surface area contributed by atoms with Gasteiger partial charge in [-0.15, -0.1) is 0 Å². The molecule has 1 aromatic carbocycles. The maximum Gasteiger partial charge on any atom is 0.257 e. The van der Waals surface area contributed by atoms with E-state index in [1.54, 1.807) is 29.2 Å². The smallest absolute Gasteiger partial charge is 0.257 e. The van der Waals surface area contributed by atoms with Crippen LogP contribution in [0, 0.1) is 0 Å². The molecule has 1 fully saturated rings. The minimum Gasteiger partial charge on any atom is -0.496 e. The number of ether oxygens (including phenoxy) is 1. The molecule has 1 aliphatic heterocycles. The van der Waals surface area contributed by atoms with Gasteiger partial charge in [-0.1, -0.05) is 19.1 Å². The van der Waals surface area contributed by atoms with Crippen LogP contribution < -0.4 is 4.74 Å². The Balaban J connectivity index is 2.28. The number of methoxy groups -OCH3 is 1. The first kappa shape index (κ1) is 15.8. The molecule has 1 heterocycles. The Morgan fingerprint density at radius 2 is 2.10 bits per heavy atom. The van der Waals surface area contributed by atoms with Crippen molar-refractivity contribution in [3.8, 4) is 5.75 Å². The number of hydrogen-bond donors (Lipinski definition) is 0. The number of hydrogen-bond acceptors (Lipinski definition) is 4. The van der Waals surface area contributed by atoms with Crippen molar-refractivity contribution < 1.29 is 17.9 Å². The van der Waals surface area contributed by atoms with Gasteiger partial charge in [0.1, 0.15) is 5.75 Å². The standard InChI is InChI=1S/C15H21NO4S/c1-3-9-16(12-8-10-21(18,19)11-12)15(17)13-6-4-5-7-14(13)20-2/h4-7,12H,3,8-11H2,1-2H3. The summed E-state index contributed by atoms with van der Waals surface area (Å²) in [7, 11) is -1.49. The van der Waals surface area contributed by atoms with Gasteiger partial charge in [-0.05, 0) is 25.0 Å². The zero-order valence-corrected chi connectivity index (χ0v) is 13.2. The van der Waals surface area contributed by atoms with Crippen LogP contribution in [-0.2, 0) is 9.84 Å². The molecule has 1 atom stereocenters. The number of benzene rings is 1. The van der Waals surface area contributed by atoms with E-state index in [2.05, 4.69) is 0 Å². The van der Waals surface area contributed by atoms with E-state index in [1.165, 1.54) is 7.11 Å². The van der Waals surface area contributed by atoms with Crippen LogP contribution in [0.3, 0.4) is 0 Å². The van der Waals surface area contributed by atoms with Crippen molar-refractivity contribution in [3.05, 3.63) is 29.8 Å². The van der Waals surface area contributed by atoms with E-state index in [4.69, 9.17) is 4.74 Å². The second kappa shape index (κ2) is 6.47. The lowest BCUT2D eigenvalue weighted by molar-refractivity contribution is 0.0693. The van der Waals surface area contributed by atoms with E-state index < -0.39 is 9.84 Å². The summed E-state index contributed by atoms with van der Waals surface area (Å²) in [6.07, 6.45) is 1.31. The maximum atomic E-state index is 12.8. The van der Waals surface area contributed by atoms with Crippen molar-refractivity contribution in [3.63, 3.8) is 0 Å². The molecule has 0 bridgehead atoms. The number of rotatable bonds is 5. The quantitative estimate of drug-likeness (QED) is 0.831. The number of amides is 1. The molecule has 0 saturated carbocycles. The van der Waals surface area contributed by atoms with E-state index in [0.717, 1.165) is 6.42 Å². The highest BCUT2D eigenvalue weighted by Crippen LogP contribution is 2.24. The van der Waals surface area contributed by atoms with Crippen molar-refractivity contribution in [2.45, 2.75) is 25.8 Å². The molecule has 1 amide bonds. The molecule has 21 heavy (non-hydrogen) atoms. The van der Waals surface area contributed by atoms with E-state index in [1.807, 2.05) is 6.92 Å². The predicted molar refractivity (Wildman–Crippen MR) is 81.4 cm³/mol. The van der Waals surface area contributed by atoms with Gasteiger partial charge in [0, 0.05) is 12.6 Å². The van der Waals surface area contributed by atoms with Gasteiger partial charge in [-0.3, -0.25) is 4.79 Å². The third kappa shape index (κ3) is 3.56.